The average Bonchev–Trinajstić information content (AvgIpc) is 2.86. The Bertz CT molecular complexity index is 1010. The molecule has 2 aromatic carbocycles. The molecule has 6 rings (SSSR count). The number of rotatable bonds is 10. The van der Waals surface area contributed by atoms with Crippen LogP contribution in [0.2, 0.25) is 0 Å². The summed E-state index contributed by atoms with van der Waals surface area (Å²) in [6, 6.07) is 15.9. The van der Waals surface area contributed by atoms with Crippen molar-refractivity contribution in [3.05, 3.63) is 77.5 Å². The van der Waals surface area contributed by atoms with Crippen LogP contribution in [0.1, 0.15) is 66.9 Å². The molecule has 5 nitrogen and oxygen atoms in total. The Hall–Kier alpha value is -2.63. The second-order valence-electron chi connectivity index (χ2n) is 10.7. The highest BCUT2D eigenvalue weighted by Crippen LogP contribution is 2.62. The van der Waals surface area contributed by atoms with E-state index in [1.165, 1.54) is 49.7 Å². The zero-order valence-corrected chi connectivity index (χ0v) is 20.9. The Morgan fingerprint density at radius 2 is 1.74 bits per heavy atom. The summed E-state index contributed by atoms with van der Waals surface area (Å²) >= 11 is 0. The number of methoxy groups -OCH3 is 1. The SMILES string of the molecule is COC(C)OCOc1ccc(CC=CNC(=O)c2ccccc2)cc1C12CC3CC(CC(C3)C1)C2. The Morgan fingerprint density at radius 1 is 1.06 bits per heavy atom. The van der Waals surface area contributed by atoms with Crippen molar-refractivity contribution in [2.75, 3.05) is 13.9 Å². The first-order valence-electron chi connectivity index (χ1n) is 13.0. The molecule has 4 aliphatic rings. The average molecular weight is 476 g/mol. The summed E-state index contributed by atoms with van der Waals surface area (Å²) in [4.78, 5) is 12.3. The van der Waals surface area contributed by atoms with Gasteiger partial charge < -0.3 is 19.5 Å². The molecule has 0 saturated heterocycles. The topological polar surface area (TPSA) is 56.8 Å². The molecule has 186 valence electrons. The van der Waals surface area contributed by atoms with E-state index in [0.717, 1.165) is 29.9 Å². The number of amides is 1. The molecule has 1 atom stereocenters. The highest BCUT2D eigenvalue weighted by molar-refractivity contribution is 5.94. The van der Waals surface area contributed by atoms with Crippen LogP contribution in [0.25, 0.3) is 0 Å². The Kier molecular flexibility index (Phi) is 7.26. The van der Waals surface area contributed by atoms with E-state index in [2.05, 4.69) is 23.5 Å². The summed E-state index contributed by atoms with van der Waals surface area (Å²) in [5.41, 5.74) is 3.47. The minimum atomic E-state index is -0.298. The number of benzene rings is 2. The molecule has 0 spiro atoms. The number of hydrogen-bond donors (Lipinski definition) is 1. The van der Waals surface area contributed by atoms with Crippen LogP contribution in [0.5, 0.6) is 5.75 Å². The number of hydrogen-bond acceptors (Lipinski definition) is 4. The number of allylic oxidation sites excluding steroid dienone is 1. The second kappa shape index (κ2) is 10.5. The second-order valence-corrected chi connectivity index (χ2v) is 10.7. The van der Waals surface area contributed by atoms with Crippen LogP contribution in [0.15, 0.2) is 60.8 Å². The van der Waals surface area contributed by atoms with Crippen molar-refractivity contribution < 1.29 is 19.0 Å². The lowest BCUT2D eigenvalue weighted by atomic mass is 9.48. The van der Waals surface area contributed by atoms with Crippen LogP contribution in [0.3, 0.4) is 0 Å². The van der Waals surface area contributed by atoms with Gasteiger partial charge in [0, 0.05) is 24.4 Å². The lowest BCUT2D eigenvalue weighted by molar-refractivity contribution is -0.150. The normalized spacial score (nSPS) is 27.8. The quantitative estimate of drug-likeness (QED) is 0.429. The van der Waals surface area contributed by atoms with Crippen LogP contribution in [0, 0.1) is 17.8 Å². The smallest absolute Gasteiger partial charge is 0.255 e. The molecule has 1 amide bonds. The van der Waals surface area contributed by atoms with Crippen molar-refractivity contribution in [3.63, 3.8) is 0 Å². The van der Waals surface area contributed by atoms with Crippen molar-refractivity contribution in [2.45, 2.75) is 63.6 Å². The van der Waals surface area contributed by atoms with Gasteiger partial charge in [0.2, 0.25) is 0 Å². The third-order valence-electron chi connectivity index (χ3n) is 8.22. The monoisotopic (exact) mass is 475 g/mol. The van der Waals surface area contributed by atoms with Crippen LogP contribution in [-0.2, 0) is 21.3 Å². The number of carbonyl (C=O) groups is 1. The summed E-state index contributed by atoms with van der Waals surface area (Å²) < 4.78 is 17.0. The van der Waals surface area contributed by atoms with Crippen molar-refractivity contribution >= 4 is 5.91 Å². The fourth-order valence-electron chi connectivity index (χ4n) is 6.95. The summed E-state index contributed by atoms with van der Waals surface area (Å²) in [7, 11) is 1.64. The highest BCUT2D eigenvalue weighted by atomic mass is 16.7. The van der Waals surface area contributed by atoms with Gasteiger partial charge in [-0.15, -0.1) is 0 Å². The molecule has 1 N–H and O–H groups in total. The van der Waals surface area contributed by atoms with Gasteiger partial charge in [-0.3, -0.25) is 4.79 Å². The van der Waals surface area contributed by atoms with Crippen LogP contribution in [0.4, 0.5) is 0 Å². The van der Waals surface area contributed by atoms with E-state index in [1.54, 1.807) is 13.3 Å². The van der Waals surface area contributed by atoms with E-state index in [0.29, 0.717) is 5.56 Å². The Balaban J connectivity index is 1.32. The molecule has 5 heteroatoms. The van der Waals surface area contributed by atoms with E-state index in [1.807, 2.05) is 43.3 Å². The summed E-state index contributed by atoms with van der Waals surface area (Å²) in [5, 5.41) is 2.88. The minimum absolute atomic E-state index is 0.0925. The molecular formula is C30H37NO4. The van der Waals surface area contributed by atoms with Gasteiger partial charge in [-0.05, 0) is 98.8 Å². The zero-order valence-electron chi connectivity index (χ0n) is 20.9. The zero-order chi connectivity index (χ0) is 24.3. The van der Waals surface area contributed by atoms with Crippen molar-refractivity contribution in [3.8, 4) is 5.75 Å². The minimum Gasteiger partial charge on any atom is -0.467 e. The fourth-order valence-corrected chi connectivity index (χ4v) is 6.95. The predicted molar refractivity (Wildman–Crippen MR) is 136 cm³/mol. The molecule has 0 radical (unpaired) electrons. The third kappa shape index (κ3) is 5.46. The van der Waals surface area contributed by atoms with E-state index < -0.39 is 0 Å². The van der Waals surface area contributed by atoms with Crippen molar-refractivity contribution in [1.29, 1.82) is 0 Å². The molecule has 2 aromatic rings. The maximum absolute atomic E-state index is 12.3. The molecular weight excluding hydrogens is 438 g/mol. The van der Waals surface area contributed by atoms with Gasteiger partial charge >= 0.3 is 0 Å². The van der Waals surface area contributed by atoms with Gasteiger partial charge in [0.25, 0.3) is 5.91 Å². The van der Waals surface area contributed by atoms with Crippen LogP contribution >= 0.6 is 0 Å². The highest BCUT2D eigenvalue weighted by Gasteiger charge is 2.52. The molecule has 35 heavy (non-hydrogen) atoms. The van der Waals surface area contributed by atoms with E-state index in [-0.39, 0.29) is 24.4 Å². The molecule has 4 bridgehead atoms. The van der Waals surface area contributed by atoms with Gasteiger partial charge in [0.15, 0.2) is 13.1 Å². The van der Waals surface area contributed by atoms with Gasteiger partial charge in [-0.1, -0.05) is 36.4 Å². The molecule has 1 unspecified atom stereocenters. The molecule has 4 fully saturated rings. The Labute approximate surface area is 208 Å². The molecule has 0 heterocycles. The summed E-state index contributed by atoms with van der Waals surface area (Å²) in [6.07, 6.45) is 12.3. The summed E-state index contributed by atoms with van der Waals surface area (Å²) in [6.45, 7) is 2.05. The predicted octanol–water partition coefficient (Wildman–Crippen LogP) is 5.99. The van der Waals surface area contributed by atoms with Gasteiger partial charge in [0.1, 0.15) is 5.75 Å². The third-order valence-corrected chi connectivity index (χ3v) is 8.22. The van der Waals surface area contributed by atoms with Crippen molar-refractivity contribution in [2.24, 2.45) is 17.8 Å². The van der Waals surface area contributed by atoms with Gasteiger partial charge in [-0.25, -0.2) is 0 Å². The maximum atomic E-state index is 12.3. The van der Waals surface area contributed by atoms with Crippen LogP contribution in [-0.4, -0.2) is 26.1 Å². The lowest BCUT2D eigenvalue weighted by Crippen LogP contribution is -2.48. The number of carbonyl (C=O) groups excluding carboxylic acids is 1. The largest absolute Gasteiger partial charge is 0.467 e. The standard InChI is InChI=1S/C30H37NO4/c1-21(33-2)34-20-35-28-11-10-22(7-6-12-31-29(32)26-8-4-3-5-9-26)16-27(28)30-17-23-13-24(18-30)15-25(14-23)19-30/h3-6,8-12,16,21,23-25H,7,13-15,17-20H2,1-2H3,(H,31,32). The maximum Gasteiger partial charge on any atom is 0.255 e. The molecule has 4 aliphatic carbocycles. The first kappa shape index (κ1) is 24.1. The summed E-state index contributed by atoms with van der Waals surface area (Å²) in [5.74, 6) is 3.42. The first-order valence-corrected chi connectivity index (χ1v) is 13.0. The molecule has 0 aliphatic heterocycles. The van der Waals surface area contributed by atoms with E-state index in [9.17, 15) is 4.79 Å². The fraction of sp³-hybridized carbons (Fsp3) is 0.500. The first-order chi connectivity index (χ1) is 17.0. The van der Waals surface area contributed by atoms with Gasteiger partial charge in [-0.2, -0.15) is 0 Å². The molecule has 4 saturated carbocycles. The van der Waals surface area contributed by atoms with E-state index >= 15 is 0 Å². The van der Waals surface area contributed by atoms with Crippen molar-refractivity contribution in [1.82, 2.24) is 5.32 Å². The molecule has 0 aromatic heterocycles. The lowest BCUT2D eigenvalue weighted by Gasteiger charge is -2.57. The van der Waals surface area contributed by atoms with Crippen LogP contribution < -0.4 is 10.1 Å². The van der Waals surface area contributed by atoms with Gasteiger partial charge in [0.05, 0.1) is 0 Å². The number of ether oxygens (including phenoxy) is 3. The Morgan fingerprint density at radius 3 is 2.40 bits per heavy atom. The number of nitrogens with one attached hydrogen (secondary N) is 1. The van der Waals surface area contributed by atoms with E-state index in [4.69, 9.17) is 14.2 Å².